The normalized spacial score (nSPS) is 10.4. The largest absolute Gasteiger partial charge is 0.397 e. The number of anilines is 1. The molecule has 1 amide bonds. The summed E-state index contributed by atoms with van der Waals surface area (Å²) in [6, 6.07) is 5.40. The van der Waals surface area contributed by atoms with Gasteiger partial charge in [0.1, 0.15) is 0 Å². The van der Waals surface area contributed by atoms with E-state index in [1.165, 1.54) is 11.3 Å². The van der Waals surface area contributed by atoms with Gasteiger partial charge in [-0.1, -0.05) is 17.7 Å². The molecule has 0 spiro atoms. The number of nitrogens with two attached hydrogens (primary N) is 1. The molecule has 21 heavy (non-hydrogen) atoms. The summed E-state index contributed by atoms with van der Waals surface area (Å²) < 4.78 is 0.706. The van der Waals surface area contributed by atoms with Crippen molar-refractivity contribution in [2.75, 3.05) is 12.3 Å². The van der Waals surface area contributed by atoms with Crippen LogP contribution in [-0.4, -0.2) is 22.3 Å². The van der Waals surface area contributed by atoms with Crippen LogP contribution in [0, 0.1) is 6.92 Å². The molecule has 2 heterocycles. The lowest BCUT2D eigenvalue weighted by atomic mass is 10.1. The van der Waals surface area contributed by atoms with Crippen LogP contribution in [0.5, 0.6) is 0 Å². The minimum atomic E-state index is -0.114. The number of nitrogens with zero attached hydrogens (tertiary/aromatic N) is 2. The van der Waals surface area contributed by atoms with Crippen molar-refractivity contribution in [3.63, 3.8) is 0 Å². The summed E-state index contributed by atoms with van der Waals surface area (Å²) >= 11 is 7.39. The van der Waals surface area contributed by atoms with Crippen molar-refractivity contribution >= 4 is 34.5 Å². The summed E-state index contributed by atoms with van der Waals surface area (Å²) in [6.07, 6.45) is 3.24. The molecular weight excluding hydrogens is 306 g/mol. The highest BCUT2D eigenvalue weighted by Gasteiger charge is 2.18. The topological polar surface area (TPSA) is 59.2 Å². The third-order valence-electron chi connectivity index (χ3n) is 2.95. The Balaban J connectivity index is 2.26. The van der Waals surface area contributed by atoms with Gasteiger partial charge < -0.3 is 10.6 Å². The first-order valence-electron chi connectivity index (χ1n) is 6.37. The van der Waals surface area contributed by atoms with E-state index >= 15 is 0 Å². The fourth-order valence-electron chi connectivity index (χ4n) is 1.94. The van der Waals surface area contributed by atoms with Crippen molar-refractivity contribution in [2.24, 2.45) is 0 Å². The summed E-state index contributed by atoms with van der Waals surface area (Å²) in [5.41, 5.74) is 7.37. The smallest absolute Gasteiger partial charge is 0.256 e. The van der Waals surface area contributed by atoms with Crippen LogP contribution in [0.2, 0.25) is 4.34 Å². The predicted octanol–water partition coefficient (Wildman–Crippen LogP) is 3.52. The third-order valence-corrected chi connectivity index (χ3v) is 4.17. The molecule has 0 unspecified atom stereocenters. The molecule has 2 N–H and O–H groups in total. The zero-order valence-corrected chi connectivity index (χ0v) is 13.2. The summed E-state index contributed by atoms with van der Waals surface area (Å²) in [5.74, 6) is -0.114. The molecule has 2 aromatic heterocycles. The monoisotopic (exact) mass is 321 g/mol. The van der Waals surface area contributed by atoms with Gasteiger partial charge in [-0.15, -0.1) is 17.9 Å². The molecule has 0 aromatic carbocycles. The number of nitrogen functional groups attached to an aromatic ring is 1. The minimum absolute atomic E-state index is 0.114. The van der Waals surface area contributed by atoms with Crippen molar-refractivity contribution < 1.29 is 4.79 Å². The lowest BCUT2D eigenvalue weighted by Gasteiger charge is -2.21. The number of amides is 1. The molecule has 2 aromatic rings. The average molecular weight is 322 g/mol. The number of aryl methyl sites for hydroxylation is 1. The van der Waals surface area contributed by atoms with Gasteiger partial charge in [-0.25, -0.2) is 0 Å². The van der Waals surface area contributed by atoms with Gasteiger partial charge in [0.2, 0.25) is 0 Å². The number of rotatable bonds is 5. The van der Waals surface area contributed by atoms with Crippen LogP contribution in [-0.2, 0) is 6.54 Å². The van der Waals surface area contributed by atoms with Gasteiger partial charge in [-0.2, -0.15) is 0 Å². The number of hydrogen-bond acceptors (Lipinski definition) is 4. The summed E-state index contributed by atoms with van der Waals surface area (Å²) in [4.78, 5) is 19.5. The van der Waals surface area contributed by atoms with Crippen molar-refractivity contribution in [1.82, 2.24) is 9.88 Å². The van der Waals surface area contributed by atoms with E-state index in [9.17, 15) is 4.79 Å². The third kappa shape index (κ3) is 3.83. The lowest BCUT2D eigenvalue weighted by molar-refractivity contribution is 0.0763. The molecule has 0 aliphatic carbocycles. The first-order valence-corrected chi connectivity index (χ1v) is 7.57. The Hall–Kier alpha value is -1.85. The van der Waals surface area contributed by atoms with E-state index in [0.717, 1.165) is 4.88 Å². The van der Waals surface area contributed by atoms with Gasteiger partial charge in [-0.05, 0) is 25.1 Å². The van der Waals surface area contributed by atoms with Crippen LogP contribution in [0.25, 0.3) is 0 Å². The van der Waals surface area contributed by atoms with Crippen LogP contribution in [0.15, 0.2) is 37.1 Å². The molecular formula is C15H16ClN3OS. The molecule has 0 bridgehead atoms. The number of carbonyl (C=O) groups is 1. The van der Waals surface area contributed by atoms with Crippen molar-refractivity contribution in [3.05, 3.63) is 57.5 Å². The van der Waals surface area contributed by atoms with Gasteiger partial charge in [0.25, 0.3) is 5.91 Å². The van der Waals surface area contributed by atoms with Crippen LogP contribution in [0.1, 0.15) is 20.9 Å². The maximum atomic E-state index is 12.7. The number of thiophene rings is 1. The van der Waals surface area contributed by atoms with Gasteiger partial charge in [0, 0.05) is 11.4 Å². The highest BCUT2D eigenvalue weighted by atomic mass is 35.5. The molecule has 2 rings (SSSR count). The molecule has 0 saturated heterocycles. The van der Waals surface area contributed by atoms with Gasteiger partial charge in [-0.3, -0.25) is 9.78 Å². The molecule has 0 radical (unpaired) electrons. The number of carbonyl (C=O) groups excluding carboxylic acids is 1. The Morgan fingerprint density at radius 3 is 2.95 bits per heavy atom. The van der Waals surface area contributed by atoms with Crippen molar-refractivity contribution in [2.45, 2.75) is 13.5 Å². The molecule has 0 atom stereocenters. The number of pyridine rings is 1. The van der Waals surface area contributed by atoms with Gasteiger partial charge in [0.05, 0.1) is 34.0 Å². The van der Waals surface area contributed by atoms with Crippen molar-refractivity contribution in [3.8, 4) is 0 Å². The summed E-state index contributed by atoms with van der Waals surface area (Å²) in [5, 5.41) is 0. The minimum Gasteiger partial charge on any atom is -0.397 e. The Labute approximate surface area is 132 Å². The molecule has 110 valence electrons. The maximum absolute atomic E-state index is 12.7. The number of aromatic nitrogens is 1. The second-order valence-electron chi connectivity index (χ2n) is 4.58. The highest BCUT2D eigenvalue weighted by Crippen LogP contribution is 2.23. The zero-order valence-electron chi connectivity index (χ0n) is 11.7. The van der Waals surface area contributed by atoms with E-state index in [2.05, 4.69) is 11.6 Å². The van der Waals surface area contributed by atoms with Gasteiger partial charge in [0.15, 0.2) is 0 Å². The van der Waals surface area contributed by atoms with Crippen molar-refractivity contribution in [1.29, 1.82) is 0 Å². The average Bonchev–Trinajstić information content (AvgIpc) is 2.86. The standard InChI is InChI=1S/C15H16ClN3OS/c1-3-6-19(9-12-4-5-14(16)21-12)15(20)13-7-11(17)8-18-10(13)2/h3-5,7-8H,1,6,9,17H2,2H3. The first-order chi connectivity index (χ1) is 10.0. The van der Waals surface area contributed by atoms with E-state index in [1.807, 2.05) is 12.1 Å². The van der Waals surface area contributed by atoms with Crippen LogP contribution < -0.4 is 5.73 Å². The van der Waals surface area contributed by atoms with E-state index in [0.29, 0.717) is 34.4 Å². The molecule has 0 saturated carbocycles. The number of halogens is 1. The fraction of sp³-hybridized carbons (Fsp3) is 0.200. The Bertz CT molecular complexity index is 669. The van der Waals surface area contributed by atoms with E-state index in [4.69, 9.17) is 17.3 Å². The zero-order chi connectivity index (χ0) is 15.4. The Kier molecular flexibility index (Phi) is 4.98. The lowest BCUT2D eigenvalue weighted by Crippen LogP contribution is -2.31. The predicted molar refractivity (Wildman–Crippen MR) is 87.7 cm³/mol. The second kappa shape index (κ2) is 6.74. The molecule has 6 heteroatoms. The van der Waals surface area contributed by atoms with E-state index in [1.54, 1.807) is 30.2 Å². The quantitative estimate of drug-likeness (QED) is 0.857. The Morgan fingerprint density at radius 1 is 1.57 bits per heavy atom. The Morgan fingerprint density at radius 2 is 2.33 bits per heavy atom. The summed E-state index contributed by atoms with van der Waals surface area (Å²) in [6.45, 7) is 6.43. The molecule has 4 nitrogen and oxygen atoms in total. The second-order valence-corrected chi connectivity index (χ2v) is 6.38. The van der Waals surface area contributed by atoms with E-state index < -0.39 is 0 Å². The highest BCUT2D eigenvalue weighted by molar-refractivity contribution is 7.16. The first kappa shape index (κ1) is 15.5. The van der Waals surface area contributed by atoms with E-state index in [-0.39, 0.29) is 5.91 Å². The number of hydrogen-bond donors (Lipinski definition) is 1. The SMILES string of the molecule is C=CCN(Cc1ccc(Cl)s1)C(=O)c1cc(N)cnc1C. The fourth-order valence-corrected chi connectivity index (χ4v) is 3.04. The molecule has 0 aliphatic rings. The summed E-state index contributed by atoms with van der Waals surface area (Å²) in [7, 11) is 0. The van der Waals surface area contributed by atoms with Crippen LogP contribution >= 0.6 is 22.9 Å². The van der Waals surface area contributed by atoms with Crippen LogP contribution in [0.4, 0.5) is 5.69 Å². The van der Waals surface area contributed by atoms with Crippen LogP contribution in [0.3, 0.4) is 0 Å². The molecule has 0 aliphatic heterocycles. The maximum Gasteiger partial charge on any atom is 0.256 e. The molecule has 0 fully saturated rings. The van der Waals surface area contributed by atoms with Gasteiger partial charge >= 0.3 is 0 Å².